The average Bonchev–Trinajstić information content (AvgIpc) is 3.62. The van der Waals surface area contributed by atoms with Gasteiger partial charge in [0.25, 0.3) is 0 Å². The van der Waals surface area contributed by atoms with Crippen LogP contribution in [0.15, 0.2) is 48.8 Å². The SMILES string of the molecule is O=C(C1CC1)N1CCN(c2ccnn3cc(-c4cccc(C5CNCCO5)c4)cc23)CC1. The second kappa shape index (κ2) is 8.22. The quantitative estimate of drug-likeness (QED) is 0.688. The minimum Gasteiger partial charge on any atom is -0.371 e. The van der Waals surface area contributed by atoms with Crippen LogP contribution in [0.4, 0.5) is 5.69 Å². The lowest BCUT2D eigenvalue weighted by Gasteiger charge is -2.36. The summed E-state index contributed by atoms with van der Waals surface area (Å²) in [6.45, 7) is 5.84. The molecule has 2 aliphatic heterocycles. The maximum absolute atomic E-state index is 12.4. The van der Waals surface area contributed by atoms with Crippen LogP contribution in [0.5, 0.6) is 0 Å². The molecular weight excluding hydrogens is 402 g/mol. The highest BCUT2D eigenvalue weighted by molar-refractivity contribution is 5.82. The lowest BCUT2D eigenvalue weighted by Crippen LogP contribution is -2.49. The maximum Gasteiger partial charge on any atom is 0.225 e. The van der Waals surface area contributed by atoms with Gasteiger partial charge in [-0.05, 0) is 42.2 Å². The van der Waals surface area contributed by atoms with Crippen LogP contribution in [0, 0.1) is 5.92 Å². The maximum atomic E-state index is 12.4. The van der Waals surface area contributed by atoms with Crippen molar-refractivity contribution in [3.8, 4) is 11.1 Å². The molecule has 1 aromatic carbocycles. The second-order valence-corrected chi connectivity index (χ2v) is 9.05. The Bertz CT molecular complexity index is 1120. The van der Waals surface area contributed by atoms with E-state index >= 15 is 0 Å². The van der Waals surface area contributed by atoms with Crippen LogP contribution in [0.25, 0.3) is 16.6 Å². The zero-order chi connectivity index (χ0) is 21.5. The summed E-state index contributed by atoms with van der Waals surface area (Å²) in [5, 5.41) is 7.97. The molecule has 1 aliphatic carbocycles. The third-order valence-electron chi connectivity index (χ3n) is 6.86. The molecule has 1 amide bonds. The van der Waals surface area contributed by atoms with Crippen molar-refractivity contribution >= 4 is 17.1 Å². The molecule has 4 heterocycles. The average molecular weight is 432 g/mol. The molecule has 7 heteroatoms. The van der Waals surface area contributed by atoms with Gasteiger partial charge in [-0.2, -0.15) is 5.10 Å². The van der Waals surface area contributed by atoms with E-state index in [0.717, 1.165) is 69.8 Å². The van der Waals surface area contributed by atoms with Gasteiger partial charge in [0.2, 0.25) is 5.91 Å². The normalized spacial score (nSPS) is 21.8. The summed E-state index contributed by atoms with van der Waals surface area (Å²) in [4.78, 5) is 16.8. The first-order valence-electron chi connectivity index (χ1n) is 11.7. The van der Waals surface area contributed by atoms with Crippen LogP contribution in [0.2, 0.25) is 0 Å². The number of amides is 1. The molecule has 0 spiro atoms. The van der Waals surface area contributed by atoms with Gasteiger partial charge < -0.3 is 19.9 Å². The van der Waals surface area contributed by atoms with Gasteiger partial charge in [0.15, 0.2) is 0 Å². The number of rotatable bonds is 4. The Morgan fingerprint density at radius 1 is 1.06 bits per heavy atom. The highest BCUT2D eigenvalue weighted by Crippen LogP contribution is 2.33. The molecule has 0 bridgehead atoms. The number of carbonyl (C=O) groups excluding carboxylic acids is 1. The number of anilines is 1. The molecular formula is C25H29N5O2. The van der Waals surface area contributed by atoms with Gasteiger partial charge >= 0.3 is 0 Å². The Morgan fingerprint density at radius 2 is 1.94 bits per heavy atom. The van der Waals surface area contributed by atoms with Crippen molar-refractivity contribution in [3.63, 3.8) is 0 Å². The zero-order valence-corrected chi connectivity index (χ0v) is 18.2. The van der Waals surface area contributed by atoms with E-state index in [2.05, 4.69) is 57.9 Å². The standard InChI is InChI=1S/C25H29N5O2/c31-25(18-4-5-18)29-11-9-28(10-12-29)22-6-7-27-30-17-21(15-23(22)30)19-2-1-3-20(14-19)24-16-26-8-13-32-24/h1-3,6-7,14-15,17-18,24,26H,4-5,8-13,16H2. The molecule has 166 valence electrons. The number of morpholine rings is 1. The highest BCUT2D eigenvalue weighted by atomic mass is 16.5. The summed E-state index contributed by atoms with van der Waals surface area (Å²) in [5.41, 5.74) is 5.81. The van der Waals surface area contributed by atoms with E-state index in [4.69, 9.17) is 4.74 Å². The monoisotopic (exact) mass is 431 g/mol. The van der Waals surface area contributed by atoms with Crippen molar-refractivity contribution in [2.75, 3.05) is 50.8 Å². The van der Waals surface area contributed by atoms with Gasteiger partial charge in [-0.1, -0.05) is 18.2 Å². The number of hydrogen-bond donors (Lipinski definition) is 1. The lowest BCUT2D eigenvalue weighted by atomic mass is 10.0. The number of carbonyl (C=O) groups is 1. The van der Waals surface area contributed by atoms with E-state index in [1.54, 1.807) is 0 Å². The van der Waals surface area contributed by atoms with Gasteiger partial charge in [0.05, 0.1) is 23.9 Å². The molecule has 3 aliphatic rings. The molecule has 2 aromatic heterocycles. The van der Waals surface area contributed by atoms with Gasteiger partial charge in [-0.25, -0.2) is 4.52 Å². The van der Waals surface area contributed by atoms with Crippen molar-refractivity contribution in [2.24, 2.45) is 5.92 Å². The second-order valence-electron chi connectivity index (χ2n) is 9.05. The molecule has 1 atom stereocenters. The first-order valence-corrected chi connectivity index (χ1v) is 11.7. The first kappa shape index (κ1) is 19.8. The Labute approximate surface area is 188 Å². The smallest absolute Gasteiger partial charge is 0.225 e. The fourth-order valence-electron chi connectivity index (χ4n) is 4.88. The number of hydrogen-bond acceptors (Lipinski definition) is 5. The number of benzene rings is 1. The molecule has 1 unspecified atom stereocenters. The van der Waals surface area contributed by atoms with E-state index in [1.165, 1.54) is 16.8 Å². The van der Waals surface area contributed by atoms with Crippen LogP contribution in [0.3, 0.4) is 0 Å². The van der Waals surface area contributed by atoms with Crippen LogP contribution in [-0.2, 0) is 9.53 Å². The van der Waals surface area contributed by atoms with Gasteiger partial charge in [0, 0.05) is 63.1 Å². The molecule has 2 saturated heterocycles. The minimum atomic E-state index is 0.101. The fraction of sp³-hybridized carbons (Fsp3) is 0.440. The molecule has 0 radical (unpaired) electrons. The Hall–Kier alpha value is -2.90. The number of ether oxygens (including phenoxy) is 1. The molecule has 32 heavy (non-hydrogen) atoms. The van der Waals surface area contributed by atoms with E-state index < -0.39 is 0 Å². The summed E-state index contributed by atoms with van der Waals surface area (Å²) in [7, 11) is 0. The van der Waals surface area contributed by atoms with Gasteiger partial charge in [-0.3, -0.25) is 4.79 Å². The van der Waals surface area contributed by atoms with Gasteiger partial charge in [0.1, 0.15) is 0 Å². The first-order chi connectivity index (χ1) is 15.8. The Kier molecular flexibility index (Phi) is 5.08. The number of nitrogens with zero attached hydrogens (tertiary/aromatic N) is 4. The summed E-state index contributed by atoms with van der Waals surface area (Å²) in [6, 6.07) is 12.9. The number of aromatic nitrogens is 2. The summed E-state index contributed by atoms with van der Waals surface area (Å²) in [5.74, 6) is 0.652. The lowest BCUT2D eigenvalue weighted by molar-refractivity contribution is -0.132. The van der Waals surface area contributed by atoms with Crippen LogP contribution in [0.1, 0.15) is 24.5 Å². The highest BCUT2D eigenvalue weighted by Gasteiger charge is 2.34. The predicted molar refractivity (Wildman–Crippen MR) is 124 cm³/mol. The van der Waals surface area contributed by atoms with Crippen molar-refractivity contribution in [1.82, 2.24) is 19.8 Å². The van der Waals surface area contributed by atoms with E-state index in [9.17, 15) is 4.79 Å². The molecule has 1 saturated carbocycles. The molecule has 7 nitrogen and oxygen atoms in total. The third kappa shape index (κ3) is 3.76. The Balaban J connectivity index is 1.25. The van der Waals surface area contributed by atoms with Crippen LogP contribution in [-0.4, -0.2) is 66.3 Å². The summed E-state index contributed by atoms with van der Waals surface area (Å²) in [6.07, 6.45) is 6.21. The topological polar surface area (TPSA) is 62.1 Å². The third-order valence-corrected chi connectivity index (χ3v) is 6.86. The van der Waals surface area contributed by atoms with Crippen molar-refractivity contribution in [1.29, 1.82) is 0 Å². The molecule has 3 fully saturated rings. The van der Waals surface area contributed by atoms with Crippen LogP contribution < -0.4 is 10.2 Å². The summed E-state index contributed by atoms with van der Waals surface area (Å²) >= 11 is 0. The largest absolute Gasteiger partial charge is 0.371 e. The number of piperazine rings is 1. The van der Waals surface area contributed by atoms with Crippen molar-refractivity contribution in [3.05, 3.63) is 54.4 Å². The van der Waals surface area contributed by atoms with E-state index in [0.29, 0.717) is 11.8 Å². The number of nitrogens with one attached hydrogen (secondary N) is 1. The molecule has 1 N–H and O–H groups in total. The summed E-state index contributed by atoms with van der Waals surface area (Å²) < 4.78 is 7.91. The molecule has 3 aromatic rings. The predicted octanol–water partition coefficient (Wildman–Crippen LogP) is 2.72. The molecule has 6 rings (SSSR count). The van der Waals surface area contributed by atoms with E-state index in [1.807, 2.05) is 15.6 Å². The number of fused-ring (bicyclic) bond motifs is 1. The van der Waals surface area contributed by atoms with Crippen molar-refractivity contribution in [2.45, 2.75) is 18.9 Å². The van der Waals surface area contributed by atoms with Crippen molar-refractivity contribution < 1.29 is 9.53 Å². The fourth-order valence-corrected chi connectivity index (χ4v) is 4.88. The Morgan fingerprint density at radius 3 is 2.72 bits per heavy atom. The van der Waals surface area contributed by atoms with Gasteiger partial charge in [-0.15, -0.1) is 0 Å². The minimum absolute atomic E-state index is 0.101. The van der Waals surface area contributed by atoms with Crippen LogP contribution >= 0.6 is 0 Å². The zero-order valence-electron chi connectivity index (χ0n) is 18.2. The van der Waals surface area contributed by atoms with E-state index in [-0.39, 0.29) is 6.10 Å².